The minimum absolute atomic E-state index is 0.296. The molecule has 4 nitrogen and oxygen atoms in total. The van der Waals surface area contributed by atoms with E-state index in [0.29, 0.717) is 0 Å². The Kier molecular flexibility index (Phi) is 19.3. The number of carbonyl (C=O) groups is 2. The van der Waals surface area contributed by atoms with Gasteiger partial charge in [0.2, 0.25) is 0 Å². The van der Waals surface area contributed by atoms with Crippen molar-refractivity contribution in [2.75, 3.05) is 24.6 Å². The topological polar surface area (TPSA) is 74.6 Å². The van der Waals surface area contributed by atoms with E-state index in [4.69, 9.17) is 10.2 Å². The third-order valence-corrected chi connectivity index (χ3v) is 10.5. The van der Waals surface area contributed by atoms with E-state index >= 15 is 0 Å². The van der Waals surface area contributed by atoms with Gasteiger partial charge in [-0.2, -0.15) is 0 Å². The predicted octanol–water partition coefficient (Wildman–Crippen LogP) is 5.87. The van der Waals surface area contributed by atoms with Crippen LogP contribution < -0.4 is 0 Å². The predicted molar refractivity (Wildman–Crippen MR) is 112 cm³/mol. The molecular formula is C20H43O4P. The molecule has 2 N–H and O–H groups in total. The summed E-state index contributed by atoms with van der Waals surface area (Å²) in [6.45, 7) is 9.44. The molecule has 0 saturated carbocycles. The summed E-state index contributed by atoms with van der Waals surface area (Å²) in [5.74, 6) is -2.15. The van der Waals surface area contributed by atoms with Crippen LogP contribution in [0.1, 0.15) is 91.9 Å². The fraction of sp³-hybridized carbons (Fsp3) is 0.900. The fourth-order valence-corrected chi connectivity index (χ4v) is 9.09. The van der Waals surface area contributed by atoms with Crippen molar-refractivity contribution in [3.63, 3.8) is 0 Å². The van der Waals surface area contributed by atoms with Crippen molar-refractivity contribution in [2.24, 2.45) is 0 Å². The summed E-state index contributed by atoms with van der Waals surface area (Å²) >= 11 is 0. The van der Waals surface area contributed by atoms with Gasteiger partial charge in [-0.1, -0.05) is 0 Å². The number of hydrogen-bond donors (Lipinski definition) is 2. The van der Waals surface area contributed by atoms with E-state index in [-0.39, 0.29) is 12.8 Å². The van der Waals surface area contributed by atoms with E-state index in [0.717, 1.165) is 0 Å². The Labute approximate surface area is 156 Å². The Morgan fingerprint density at radius 2 is 0.840 bits per heavy atom. The maximum atomic E-state index is 9.64. The first-order valence-corrected chi connectivity index (χ1v) is 13.1. The van der Waals surface area contributed by atoms with Crippen molar-refractivity contribution in [3.8, 4) is 0 Å². The quantitative estimate of drug-likeness (QED) is 0.349. The van der Waals surface area contributed by atoms with Crippen molar-refractivity contribution in [1.82, 2.24) is 0 Å². The molecule has 0 rings (SSSR count). The van der Waals surface area contributed by atoms with Crippen molar-refractivity contribution >= 4 is 19.2 Å². The van der Waals surface area contributed by atoms with Crippen LogP contribution >= 0.6 is 7.26 Å². The molecule has 0 aliphatic carbocycles. The number of rotatable bonds is 15. The largest absolute Gasteiger partial charge is 0.481 e. The molecule has 152 valence electrons. The standard InChI is InChI=1S/C16H37P.C4H6O4/c1-5-9-13-17(14-10-6-2,15-11-7-3)16-12-8-4;5-3(6)1-2-4(7)8/h17H,5-16H2,1-4H3;1-2H2,(H,5,6)(H,7,8). The second kappa shape index (κ2) is 18.2. The SMILES string of the molecule is CCCC[PH](CCCC)(CCCC)CCCC.O=C(O)CCC(=O)O. The summed E-state index contributed by atoms with van der Waals surface area (Å²) in [5, 5.41) is 15.8. The molecule has 0 amide bonds. The van der Waals surface area contributed by atoms with Crippen molar-refractivity contribution in [3.05, 3.63) is 0 Å². The number of unbranched alkanes of at least 4 members (excludes halogenated alkanes) is 4. The van der Waals surface area contributed by atoms with E-state index in [1.165, 1.54) is 51.4 Å². The molecule has 5 heteroatoms. The van der Waals surface area contributed by atoms with Gasteiger partial charge in [0, 0.05) is 0 Å². The van der Waals surface area contributed by atoms with Gasteiger partial charge in [-0.15, -0.1) is 0 Å². The van der Waals surface area contributed by atoms with Crippen LogP contribution in [-0.2, 0) is 9.59 Å². The Morgan fingerprint density at radius 1 is 0.600 bits per heavy atom. The molecule has 0 aromatic rings. The van der Waals surface area contributed by atoms with E-state index in [2.05, 4.69) is 27.7 Å². The smallest absolute Gasteiger partial charge is 0.303 e. The van der Waals surface area contributed by atoms with Crippen LogP contribution in [0.2, 0.25) is 0 Å². The van der Waals surface area contributed by atoms with Gasteiger partial charge >= 0.3 is 123 Å². The Bertz CT molecular complexity index is 280. The van der Waals surface area contributed by atoms with Crippen LogP contribution in [0, 0.1) is 0 Å². The third-order valence-electron chi connectivity index (χ3n) is 4.80. The number of hydrogen-bond acceptors (Lipinski definition) is 2. The van der Waals surface area contributed by atoms with Gasteiger partial charge < -0.3 is 10.2 Å². The summed E-state index contributed by atoms with van der Waals surface area (Å²) < 4.78 is 0. The molecule has 0 aromatic carbocycles. The number of carboxylic acids is 2. The molecule has 0 aromatic heterocycles. The van der Waals surface area contributed by atoms with Crippen LogP contribution in [-0.4, -0.2) is 46.8 Å². The number of aliphatic carboxylic acids is 2. The van der Waals surface area contributed by atoms with Crippen molar-refractivity contribution in [2.45, 2.75) is 91.9 Å². The zero-order chi connectivity index (χ0) is 19.6. The van der Waals surface area contributed by atoms with Gasteiger partial charge in [0.05, 0.1) is 12.8 Å². The zero-order valence-electron chi connectivity index (χ0n) is 17.1. The normalized spacial score (nSPS) is 11.5. The molecule has 0 heterocycles. The minimum Gasteiger partial charge on any atom is -0.481 e. The van der Waals surface area contributed by atoms with Gasteiger partial charge in [-0.05, 0) is 0 Å². The zero-order valence-corrected chi connectivity index (χ0v) is 18.1. The first kappa shape index (κ1) is 26.6. The van der Waals surface area contributed by atoms with E-state index in [1.807, 2.05) is 0 Å². The van der Waals surface area contributed by atoms with Gasteiger partial charge in [-0.3, -0.25) is 9.59 Å². The van der Waals surface area contributed by atoms with Gasteiger partial charge in [0.25, 0.3) is 0 Å². The molecule has 0 atom stereocenters. The summed E-state index contributed by atoms with van der Waals surface area (Å²) in [5.41, 5.74) is 0. The molecule has 25 heavy (non-hydrogen) atoms. The average molecular weight is 379 g/mol. The molecule has 0 aliphatic heterocycles. The van der Waals surface area contributed by atoms with Gasteiger partial charge in [0.1, 0.15) is 0 Å². The maximum Gasteiger partial charge on any atom is 0.303 e. The van der Waals surface area contributed by atoms with Crippen molar-refractivity contribution in [1.29, 1.82) is 0 Å². The summed E-state index contributed by atoms with van der Waals surface area (Å²) in [4.78, 5) is 19.3. The first-order chi connectivity index (χ1) is 11.9. The Morgan fingerprint density at radius 3 is 1.00 bits per heavy atom. The Balaban J connectivity index is 0. The second-order valence-corrected chi connectivity index (χ2v) is 12.2. The number of carboxylic acid groups (broad SMARTS) is 2. The second-order valence-electron chi connectivity index (χ2n) is 7.20. The van der Waals surface area contributed by atoms with E-state index < -0.39 is 19.2 Å². The van der Waals surface area contributed by atoms with E-state index in [9.17, 15) is 9.59 Å². The van der Waals surface area contributed by atoms with Crippen LogP contribution in [0.25, 0.3) is 0 Å². The van der Waals surface area contributed by atoms with E-state index in [1.54, 1.807) is 24.6 Å². The molecule has 0 radical (unpaired) electrons. The molecule has 0 bridgehead atoms. The third kappa shape index (κ3) is 18.0. The molecule has 0 fully saturated rings. The molecular weight excluding hydrogens is 335 g/mol. The van der Waals surface area contributed by atoms with Crippen LogP contribution in [0.5, 0.6) is 0 Å². The fourth-order valence-electron chi connectivity index (χ4n) is 3.17. The molecule has 0 aliphatic rings. The molecule has 0 saturated heterocycles. The van der Waals surface area contributed by atoms with Gasteiger partial charge in [-0.25, -0.2) is 0 Å². The van der Waals surface area contributed by atoms with Crippen LogP contribution in [0.3, 0.4) is 0 Å². The van der Waals surface area contributed by atoms with Crippen LogP contribution in [0.15, 0.2) is 0 Å². The first-order valence-electron chi connectivity index (χ1n) is 10.3. The molecule has 0 spiro atoms. The minimum atomic E-state index is -1.08. The van der Waals surface area contributed by atoms with Crippen molar-refractivity contribution < 1.29 is 19.8 Å². The summed E-state index contributed by atoms with van der Waals surface area (Å²) in [6, 6.07) is 0. The maximum absolute atomic E-state index is 9.64. The summed E-state index contributed by atoms with van der Waals surface area (Å²) in [7, 11) is -0.879. The van der Waals surface area contributed by atoms with Gasteiger partial charge in [0.15, 0.2) is 0 Å². The molecule has 0 unspecified atom stereocenters. The Hall–Kier alpha value is -0.630. The monoisotopic (exact) mass is 378 g/mol. The average Bonchev–Trinajstić information content (AvgIpc) is 2.59. The van der Waals surface area contributed by atoms with Crippen LogP contribution in [0.4, 0.5) is 0 Å². The summed E-state index contributed by atoms with van der Waals surface area (Å²) in [6.07, 6.45) is 17.5.